The maximum absolute atomic E-state index is 11.8. The molecule has 1 aromatic carbocycles. The predicted octanol–water partition coefficient (Wildman–Crippen LogP) is 4.10. The Morgan fingerprint density at radius 3 is 2.71 bits per heavy atom. The normalized spacial score (nSPS) is 10.5. The van der Waals surface area contributed by atoms with E-state index in [1.165, 1.54) is 23.1 Å². The van der Waals surface area contributed by atoms with Crippen LogP contribution in [0.4, 0.5) is 5.13 Å². The lowest BCUT2D eigenvalue weighted by molar-refractivity contribution is -0.144. The van der Waals surface area contributed by atoms with Gasteiger partial charge in [0.25, 0.3) is 5.91 Å². The van der Waals surface area contributed by atoms with E-state index in [-0.39, 0.29) is 12.4 Å². The zero-order chi connectivity index (χ0) is 17.7. The third kappa shape index (κ3) is 5.61. The molecule has 2 rings (SSSR count). The highest BCUT2D eigenvalue weighted by Gasteiger charge is 2.11. The van der Waals surface area contributed by atoms with Crippen molar-refractivity contribution in [1.29, 1.82) is 0 Å². The molecule has 0 spiro atoms. The van der Waals surface area contributed by atoms with Gasteiger partial charge in [0.2, 0.25) is 0 Å². The molecular weight excluding hydrogens is 412 g/mol. The van der Waals surface area contributed by atoms with Gasteiger partial charge in [-0.05, 0) is 44.0 Å². The molecule has 0 radical (unpaired) electrons. The van der Waals surface area contributed by atoms with Crippen molar-refractivity contribution >= 4 is 56.0 Å². The maximum atomic E-state index is 11.8. The van der Waals surface area contributed by atoms with E-state index in [9.17, 15) is 9.59 Å². The van der Waals surface area contributed by atoms with Crippen molar-refractivity contribution in [2.24, 2.45) is 0 Å². The van der Waals surface area contributed by atoms with E-state index in [1.807, 2.05) is 38.3 Å². The average molecular weight is 429 g/mol. The molecule has 0 bridgehead atoms. The number of ether oxygens (including phenoxy) is 1. The molecule has 1 heterocycles. The summed E-state index contributed by atoms with van der Waals surface area (Å²) in [6.07, 6.45) is 0. The van der Waals surface area contributed by atoms with Crippen LogP contribution in [0, 0.1) is 20.8 Å². The Kier molecular flexibility index (Phi) is 6.82. The van der Waals surface area contributed by atoms with E-state index in [0.29, 0.717) is 5.13 Å². The predicted molar refractivity (Wildman–Crippen MR) is 101 cm³/mol. The summed E-state index contributed by atoms with van der Waals surface area (Å²) in [5, 5.41) is 4.93. The van der Waals surface area contributed by atoms with Gasteiger partial charge in [-0.3, -0.25) is 14.9 Å². The van der Waals surface area contributed by atoms with Gasteiger partial charge < -0.3 is 4.74 Å². The molecule has 0 aliphatic heterocycles. The van der Waals surface area contributed by atoms with Crippen LogP contribution in [0.25, 0.3) is 0 Å². The van der Waals surface area contributed by atoms with Gasteiger partial charge in [-0.1, -0.05) is 15.9 Å². The maximum Gasteiger partial charge on any atom is 0.316 e. The molecule has 0 atom stereocenters. The molecule has 1 amide bonds. The van der Waals surface area contributed by atoms with Crippen molar-refractivity contribution in [3.8, 4) is 0 Å². The van der Waals surface area contributed by atoms with Crippen LogP contribution in [0.2, 0.25) is 0 Å². The molecule has 8 heteroatoms. The second-order valence-electron chi connectivity index (χ2n) is 5.16. The van der Waals surface area contributed by atoms with E-state index < -0.39 is 11.9 Å². The Balaban J connectivity index is 1.77. The number of thioether (sulfide) groups is 1. The van der Waals surface area contributed by atoms with E-state index in [2.05, 4.69) is 26.2 Å². The van der Waals surface area contributed by atoms with Crippen molar-refractivity contribution in [2.45, 2.75) is 25.7 Å². The van der Waals surface area contributed by atoms with Gasteiger partial charge in [-0.2, -0.15) is 0 Å². The first-order valence-corrected chi connectivity index (χ1v) is 9.78. The summed E-state index contributed by atoms with van der Waals surface area (Å²) >= 11 is 6.21. The highest BCUT2D eigenvalue weighted by Crippen LogP contribution is 2.28. The fourth-order valence-electron chi connectivity index (χ4n) is 1.80. The number of carbonyl (C=O) groups is 2. The number of aromatic nitrogens is 1. The van der Waals surface area contributed by atoms with Gasteiger partial charge in [0, 0.05) is 14.7 Å². The van der Waals surface area contributed by atoms with Crippen molar-refractivity contribution in [2.75, 3.05) is 17.7 Å². The third-order valence-electron chi connectivity index (χ3n) is 3.03. The number of benzene rings is 1. The van der Waals surface area contributed by atoms with Crippen molar-refractivity contribution in [3.63, 3.8) is 0 Å². The number of amides is 1. The first-order chi connectivity index (χ1) is 11.3. The summed E-state index contributed by atoms with van der Waals surface area (Å²) in [6, 6.07) is 4.04. The van der Waals surface area contributed by atoms with Gasteiger partial charge in [0.05, 0.1) is 11.4 Å². The number of halogens is 1. The average Bonchev–Trinajstić information content (AvgIpc) is 2.92. The Morgan fingerprint density at radius 1 is 1.29 bits per heavy atom. The van der Waals surface area contributed by atoms with Crippen LogP contribution < -0.4 is 5.32 Å². The lowest BCUT2D eigenvalue weighted by Gasteiger charge is -2.09. The fourth-order valence-corrected chi connectivity index (χ4v) is 3.87. The quantitative estimate of drug-likeness (QED) is 0.553. The molecule has 0 saturated heterocycles. The second kappa shape index (κ2) is 8.64. The van der Waals surface area contributed by atoms with Gasteiger partial charge in [-0.25, -0.2) is 4.98 Å². The molecular formula is C16H17BrN2O3S2. The zero-order valence-corrected chi connectivity index (χ0v) is 16.7. The van der Waals surface area contributed by atoms with Crippen LogP contribution in [0.15, 0.2) is 26.9 Å². The van der Waals surface area contributed by atoms with Crippen LogP contribution in [0.5, 0.6) is 0 Å². The summed E-state index contributed by atoms with van der Waals surface area (Å²) in [5.41, 5.74) is 3.03. The Morgan fingerprint density at radius 2 is 2.04 bits per heavy atom. The Labute approximate surface area is 157 Å². The second-order valence-corrected chi connectivity index (χ2v) is 7.89. The van der Waals surface area contributed by atoms with Crippen LogP contribution in [0.1, 0.15) is 16.8 Å². The van der Waals surface area contributed by atoms with Crippen molar-refractivity contribution in [3.05, 3.63) is 38.8 Å². The topological polar surface area (TPSA) is 68.3 Å². The van der Waals surface area contributed by atoms with Gasteiger partial charge in [0.1, 0.15) is 0 Å². The molecule has 0 aliphatic carbocycles. The summed E-state index contributed by atoms with van der Waals surface area (Å²) in [7, 11) is 0. The first kappa shape index (κ1) is 19.0. The summed E-state index contributed by atoms with van der Waals surface area (Å²) < 4.78 is 6.04. The van der Waals surface area contributed by atoms with E-state index in [4.69, 9.17) is 4.74 Å². The molecule has 2 aromatic rings. The van der Waals surface area contributed by atoms with Gasteiger partial charge in [0.15, 0.2) is 11.7 Å². The first-order valence-electron chi connectivity index (χ1n) is 7.12. The number of nitrogens with one attached hydrogen (secondary N) is 1. The molecule has 0 aliphatic rings. The minimum absolute atomic E-state index is 0.158. The van der Waals surface area contributed by atoms with E-state index in [1.54, 1.807) is 0 Å². The monoisotopic (exact) mass is 428 g/mol. The fraction of sp³-hybridized carbons (Fsp3) is 0.312. The minimum atomic E-state index is -0.426. The van der Waals surface area contributed by atoms with Crippen LogP contribution in [-0.4, -0.2) is 29.2 Å². The number of hydrogen-bond donors (Lipinski definition) is 1. The molecule has 1 aromatic heterocycles. The van der Waals surface area contributed by atoms with Gasteiger partial charge >= 0.3 is 5.97 Å². The Hall–Kier alpha value is -1.38. The summed E-state index contributed by atoms with van der Waals surface area (Å²) in [4.78, 5) is 28.6. The number of rotatable bonds is 6. The highest BCUT2D eigenvalue weighted by atomic mass is 79.9. The standard InChI is InChI=1S/C16H17BrN2O3S2/c1-9-5-13(10(2)4-12(9)17)23-8-15(21)22-6-14(20)19-16-18-11(3)7-24-16/h4-5,7H,6,8H2,1-3H3,(H,18,19,20). The lowest BCUT2D eigenvalue weighted by Crippen LogP contribution is -2.21. The summed E-state index contributed by atoms with van der Waals surface area (Å²) in [5.74, 6) is -0.658. The van der Waals surface area contributed by atoms with Crippen LogP contribution in [0.3, 0.4) is 0 Å². The molecule has 24 heavy (non-hydrogen) atoms. The molecule has 0 unspecified atom stereocenters. The minimum Gasteiger partial charge on any atom is -0.455 e. The lowest BCUT2D eigenvalue weighted by atomic mass is 10.2. The van der Waals surface area contributed by atoms with Gasteiger partial charge in [-0.15, -0.1) is 23.1 Å². The molecule has 0 saturated carbocycles. The summed E-state index contributed by atoms with van der Waals surface area (Å²) in [6.45, 7) is 5.52. The smallest absolute Gasteiger partial charge is 0.316 e. The van der Waals surface area contributed by atoms with Crippen LogP contribution in [-0.2, 0) is 14.3 Å². The molecule has 1 N–H and O–H groups in total. The zero-order valence-electron chi connectivity index (χ0n) is 13.5. The largest absolute Gasteiger partial charge is 0.455 e. The third-order valence-corrected chi connectivity index (χ3v) is 5.89. The number of thiazole rings is 1. The van der Waals surface area contributed by atoms with E-state index >= 15 is 0 Å². The van der Waals surface area contributed by atoms with Crippen molar-refractivity contribution < 1.29 is 14.3 Å². The number of carbonyl (C=O) groups excluding carboxylic acids is 2. The molecule has 0 fully saturated rings. The Bertz CT molecular complexity index is 762. The number of hydrogen-bond acceptors (Lipinski definition) is 6. The number of esters is 1. The number of aryl methyl sites for hydroxylation is 3. The molecule has 5 nitrogen and oxygen atoms in total. The highest BCUT2D eigenvalue weighted by molar-refractivity contribution is 9.10. The van der Waals surface area contributed by atoms with Crippen LogP contribution >= 0.6 is 39.0 Å². The van der Waals surface area contributed by atoms with Crippen molar-refractivity contribution in [1.82, 2.24) is 4.98 Å². The molecule has 128 valence electrons. The number of anilines is 1. The SMILES string of the molecule is Cc1csc(NC(=O)COC(=O)CSc2cc(C)c(Br)cc2C)n1. The van der Waals surface area contributed by atoms with E-state index in [0.717, 1.165) is 26.2 Å². The number of nitrogens with zero attached hydrogens (tertiary/aromatic N) is 1.